The predicted molar refractivity (Wildman–Crippen MR) is 67.7 cm³/mol. The quantitative estimate of drug-likeness (QED) is 0.343. The SMILES string of the molecule is OCCOCCCCCCCCCCC(O)O. The summed E-state index contributed by atoms with van der Waals surface area (Å²) in [5.74, 6) is 0. The third-order valence-electron chi connectivity index (χ3n) is 2.74. The molecule has 0 bridgehead atoms. The first-order chi connectivity index (χ1) is 8.27. The molecule has 0 unspecified atom stereocenters. The van der Waals surface area contributed by atoms with Crippen molar-refractivity contribution in [2.45, 2.75) is 64.1 Å². The maximum Gasteiger partial charge on any atom is 0.151 e. The molecule has 0 rings (SSSR count). The van der Waals surface area contributed by atoms with E-state index < -0.39 is 6.29 Å². The topological polar surface area (TPSA) is 69.9 Å². The van der Waals surface area contributed by atoms with Crippen molar-refractivity contribution in [1.29, 1.82) is 0 Å². The van der Waals surface area contributed by atoms with Gasteiger partial charge in [-0.25, -0.2) is 0 Å². The van der Waals surface area contributed by atoms with Gasteiger partial charge in [0.05, 0.1) is 13.2 Å². The minimum atomic E-state index is -1.13. The number of aliphatic hydroxyl groups is 3. The van der Waals surface area contributed by atoms with Gasteiger partial charge in [0.2, 0.25) is 0 Å². The first-order valence-electron chi connectivity index (χ1n) is 6.82. The number of hydrogen-bond donors (Lipinski definition) is 3. The molecule has 0 heterocycles. The normalized spacial score (nSPS) is 11.3. The third kappa shape index (κ3) is 15.8. The summed E-state index contributed by atoms with van der Waals surface area (Å²) in [6.45, 7) is 1.33. The van der Waals surface area contributed by atoms with E-state index in [9.17, 15) is 0 Å². The largest absolute Gasteiger partial charge is 0.394 e. The van der Waals surface area contributed by atoms with Gasteiger partial charge in [-0.15, -0.1) is 0 Å². The van der Waals surface area contributed by atoms with E-state index in [1.807, 2.05) is 0 Å². The molecule has 4 heteroatoms. The molecule has 4 nitrogen and oxygen atoms in total. The van der Waals surface area contributed by atoms with Crippen molar-refractivity contribution in [2.75, 3.05) is 19.8 Å². The van der Waals surface area contributed by atoms with Crippen LogP contribution in [0.25, 0.3) is 0 Å². The summed E-state index contributed by atoms with van der Waals surface area (Å²) in [7, 11) is 0. The molecule has 0 aromatic carbocycles. The van der Waals surface area contributed by atoms with Crippen LogP contribution < -0.4 is 0 Å². The molecule has 0 aromatic heterocycles. The van der Waals surface area contributed by atoms with Crippen LogP contribution in [0.1, 0.15) is 57.8 Å². The Morgan fingerprint density at radius 2 is 1.24 bits per heavy atom. The van der Waals surface area contributed by atoms with Gasteiger partial charge in [-0.3, -0.25) is 0 Å². The summed E-state index contributed by atoms with van der Waals surface area (Å²) in [5, 5.41) is 25.8. The molecule has 0 amide bonds. The summed E-state index contributed by atoms with van der Waals surface area (Å²) in [6, 6.07) is 0. The minimum Gasteiger partial charge on any atom is -0.394 e. The van der Waals surface area contributed by atoms with Gasteiger partial charge in [0.15, 0.2) is 6.29 Å². The van der Waals surface area contributed by atoms with Gasteiger partial charge in [0.1, 0.15) is 0 Å². The molecule has 0 radical (unpaired) electrons. The highest BCUT2D eigenvalue weighted by atomic mass is 16.5. The van der Waals surface area contributed by atoms with E-state index in [4.69, 9.17) is 20.1 Å². The molecule has 0 spiro atoms. The molecular weight excluding hydrogens is 220 g/mol. The van der Waals surface area contributed by atoms with Gasteiger partial charge in [-0.2, -0.15) is 0 Å². The Balaban J connectivity index is 2.89. The second-order valence-electron chi connectivity index (χ2n) is 4.43. The van der Waals surface area contributed by atoms with Crippen LogP contribution in [-0.4, -0.2) is 41.4 Å². The fourth-order valence-corrected chi connectivity index (χ4v) is 1.76. The summed E-state index contributed by atoms with van der Waals surface area (Å²) in [6.07, 6.45) is 8.57. The summed E-state index contributed by atoms with van der Waals surface area (Å²) < 4.78 is 5.17. The molecule has 104 valence electrons. The molecule has 0 aliphatic carbocycles. The van der Waals surface area contributed by atoms with Gasteiger partial charge >= 0.3 is 0 Å². The highest BCUT2D eigenvalue weighted by molar-refractivity contribution is 4.48. The monoisotopic (exact) mass is 248 g/mol. The lowest BCUT2D eigenvalue weighted by Gasteiger charge is -2.04. The summed E-state index contributed by atoms with van der Waals surface area (Å²) in [5.41, 5.74) is 0. The maximum atomic E-state index is 8.64. The van der Waals surface area contributed by atoms with Crippen molar-refractivity contribution < 1.29 is 20.1 Å². The Kier molecular flexibility index (Phi) is 13.8. The first-order valence-corrected chi connectivity index (χ1v) is 6.82. The Hall–Kier alpha value is -0.160. The highest BCUT2D eigenvalue weighted by Gasteiger charge is 1.97. The smallest absolute Gasteiger partial charge is 0.151 e. The fourth-order valence-electron chi connectivity index (χ4n) is 1.76. The van der Waals surface area contributed by atoms with Gasteiger partial charge in [0, 0.05) is 6.61 Å². The van der Waals surface area contributed by atoms with E-state index in [1.165, 1.54) is 32.1 Å². The lowest BCUT2D eigenvalue weighted by Crippen LogP contribution is -2.02. The summed E-state index contributed by atoms with van der Waals surface area (Å²) in [4.78, 5) is 0. The average molecular weight is 248 g/mol. The second kappa shape index (κ2) is 13.9. The molecule has 0 aromatic rings. The number of unbranched alkanes of at least 4 members (excludes halogenated alkanes) is 7. The van der Waals surface area contributed by atoms with E-state index in [0.29, 0.717) is 13.0 Å². The van der Waals surface area contributed by atoms with Crippen LogP contribution in [0.4, 0.5) is 0 Å². The Labute approximate surface area is 105 Å². The molecule has 0 saturated carbocycles. The number of rotatable bonds is 13. The van der Waals surface area contributed by atoms with Crippen LogP contribution in [-0.2, 0) is 4.74 Å². The van der Waals surface area contributed by atoms with Crippen molar-refractivity contribution in [2.24, 2.45) is 0 Å². The van der Waals surface area contributed by atoms with Crippen LogP contribution in [0.5, 0.6) is 0 Å². The molecule has 0 saturated heterocycles. The van der Waals surface area contributed by atoms with E-state index in [1.54, 1.807) is 0 Å². The van der Waals surface area contributed by atoms with Gasteiger partial charge < -0.3 is 20.1 Å². The minimum absolute atomic E-state index is 0.114. The van der Waals surface area contributed by atoms with Crippen LogP contribution in [0, 0.1) is 0 Å². The molecule has 0 aliphatic heterocycles. The van der Waals surface area contributed by atoms with Crippen molar-refractivity contribution in [3.05, 3.63) is 0 Å². The van der Waals surface area contributed by atoms with Crippen LogP contribution >= 0.6 is 0 Å². The lowest BCUT2D eigenvalue weighted by atomic mass is 10.1. The number of aliphatic hydroxyl groups excluding tert-OH is 2. The molecule has 3 N–H and O–H groups in total. The van der Waals surface area contributed by atoms with Crippen LogP contribution in [0.3, 0.4) is 0 Å². The van der Waals surface area contributed by atoms with Crippen molar-refractivity contribution >= 4 is 0 Å². The Bertz CT molecular complexity index is 139. The molecule has 0 aliphatic rings. The van der Waals surface area contributed by atoms with Crippen molar-refractivity contribution in [3.8, 4) is 0 Å². The van der Waals surface area contributed by atoms with Gasteiger partial charge in [-0.05, 0) is 19.3 Å². The van der Waals surface area contributed by atoms with E-state index in [0.717, 1.165) is 25.9 Å². The molecular formula is C13H28O4. The van der Waals surface area contributed by atoms with E-state index in [-0.39, 0.29) is 6.61 Å². The lowest BCUT2D eigenvalue weighted by molar-refractivity contribution is -0.0466. The predicted octanol–water partition coefficient (Wildman–Crippen LogP) is 1.82. The van der Waals surface area contributed by atoms with Crippen LogP contribution in [0.2, 0.25) is 0 Å². The van der Waals surface area contributed by atoms with E-state index in [2.05, 4.69) is 0 Å². The summed E-state index contributed by atoms with van der Waals surface area (Å²) >= 11 is 0. The standard InChI is InChI=1S/C13H28O4/c14-10-12-17-11-8-6-4-2-1-3-5-7-9-13(15)16/h13-16H,1-12H2. The second-order valence-corrected chi connectivity index (χ2v) is 4.43. The van der Waals surface area contributed by atoms with Crippen LogP contribution in [0.15, 0.2) is 0 Å². The highest BCUT2D eigenvalue weighted by Crippen LogP contribution is 2.10. The molecule has 17 heavy (non-hydrogen) atoms. The van der Waals surface area contributed by atoms with Gasteiger partial charge in [-0.1, -0.05) is 38.5 Å². The molecule has 0 fully saturated rings. The van der Waals surface area contributed by atoms with E-state index >= 15 is 0 Å². The average Bonchev–Trinajstić information content (AvgIpc) is 2.30. The number of ether oxygens (including phenoxy) is 1. The molecule has 0 atom stereocenters. The zero-order chi connectivity index (χ0) is 12.8. The maximum absolute atomic E-state index is 8.64. The first kappa shape index (κ1) is 16.8. The zero-order valence-electron chi connectivity index (χ0n) is 10.8. The third-order valence-corrected chi connectivity index (χ3v) is 2.74. The zero-order valence-corrected chi connectivity index (χ0v) is 10.8. The fraction of sp³-hybridized carbons (Fsp3) is 1.00. The Morgan fingerprint density at radius 3 is 1.76 bits per heavy atom. The van der Waals surface area contributed by atoms with Crippen molar-refractivity contribution in [3.63, 3.8) is 0 Å². The van der Waals surface area contributed by atoms with Crippen molar-refractivity contribution in [1.82, 2.24) is 0 Å². The Morgan fingerprint density at radius 1 is 0.706 bits per heavy atom. The van der Waals surface area contributed by atoms with Gasteiger partial charge in [0.25, 0.3) is 0 Å². The number of hydrogen-bond acceptors (Lipinski definition) is 4.